The van der Waals surface area contributed by atoms with E-state index in [0.717, 1.165) is 5.69 Å². The van der Waals surface area contributed by atoms with Gasteiger partial charge in [0.1, 0.15) is 0 Å². The summed E-state index contributed by atoms with van der Waals surface area (Å²) in [6, 6.07) is 10.2. The molecule has 0 saturated heterocycles. The van der Waals surface area contributed by atoms with Crippen LogP contribution < -0.4 is 10.2 Å². The largest absolute Gasteiger partial charge is 0.376 e. The highest BCUT2D eigenvalue weighted by molar-refractivity contribution is 6.05. The first-order chi connectivity index (χ1) is 9.09. The van der Waals surface area contributed by atoms with Gasteiger partial charge in [-0.25, -0.2) is 4.98 Å². The van der Waals surface area contributed by atoms with E-state index in [9.17, 15) is 9.18 Å². The summed E-state index contributed by atoms with van der Waals surface area (Å²) in [5, 5.41) is 2.69. The van der Waals surface area contributed by atoms with Crippen LogP contribution in [0, 0.1) is 5.95 Å². The van der Waals surface area contributed by atoms with Crippen LogP contribution in [0.25, 0.3) is 0 Å². The van der Waals surface area contributed by atoms with Crippen molar-refractivity contribution < 1.29 is 9.18 Å². The van der Waals surface area contributed by atoms with E-state index in [1.54, 1.807) is 6.07 Å². The summed E-state index contributed by atoms with van der Waals surface area (Å²) in [7, 11) is 3.74. The fourth-order valence-corrected chi connectivity index (χ4v) is 1.71. The topological polar surface area (TPSA) is 45.2 Å². The average Bonchev–Trinajstić information content (AvgIpc) is 2.39. The van der Waals surface area contributed by atoms with Crippen molar-refractivity contribution in [3.8, 4) is 0 Å². The Hall–Kier alpha value is -2.43. The van der Waals surface area contributed by atoms with Gasteiger partial charge in [-0.3, -0.25) is 4.79 Å². The number of carbonyl (C=O) groups is 1. The first kappa shape index (κ1) is 13.0. The lowest BCUT2D eigenvalue weighted by Crippen LogP contribution is -2.18. The number of anilines is 2. The Morgan fingerprint density at radius 3 is 2.63 bits per heavy atom. The van der Waals surface area contributed by atoms with Gasteiger partial charge >= 0.3 is 0 Å². The third kappa shape index (κ3) is 2.88. The maximum atomic E-state index is 13.4. The SMILES string of the molecule is CN(C)c1ccccc1NC(=O)c1cccnc1F. The molecule has 0 radical (unpaired) electrons. The Morgan fingerprint density at radius 1 is 1.21 bits per heavy atom. The lowest BCUT2D eigenvalue weighted by atomic mass is 10.2. The van der Waals surface area contributed by atoms with Crippen LogP contribution in [0.3, 0.4) is 0 Å². The van der Waals surface area contributed by atoms with Crippen LogP contribution in [0.5, 0.6) is 0 Å². The molecule has 98 valence electrons. The normalized spacial score (nSPS) is 10.1. The Labute approximate surface area is 110 Å². The second kappa shape index (κ2) is 5.48. The number of amides is 1. The Kier molecular flexibility index (Phi) is 3.75. The van der Waals surface area contributed by atoms with Gasteiger partial charge < -0.3 is 10.2 Å². The van der Waals surface area contributed by atoms with Crippen LogP contribution in [0.1, 0.15) is 10.4 Å². The number of pyridine rings is 1. The molecular weight excluding hydrogens is 245 g/mol. The van der Waals surface area contributed by atoms with Crippen LogP contribution >= 0.6 is 0 Å². The Balaban J connectivity index is 2.27. The maximum Gasteiger partial charge on any atom is 0.260 e. The monoisotopic (exact) mass is 259 g/mol. The molecule has 0 bridgehead atoms. The minimum absolute atomic E-state index is 0.0731. The number of rotatable bonds is 3. The minimum atomic E-state index is -0.776. The van der Waals surface area contributed by atoms with E-state index in [2.05, 4.69) is 10.3 Å². The summed E-state index contributed by atoms with van der Waals surface area (Å²) < 4.78 is 13.4. The molecule has 1 N–H and O–H groups in total. The van der Waals surface area contributed by atoms with Gasteiger partial charge in [0.25, 0.3) is 5.91 Å². The molecule has 5 heteroatoms. The molecule has 1 aromatic heterocycles. The highest BCUT2D eigenvalue weighted by atomic mass is 19.1. The molecule has 0 aliphatic carbocycles. The second-order valence-corrected chi connectivity index (χ2v) is 4.21. The van der Waals surface area contributed by atoms with Gasteiger partial charge in [-0.2, -0.15) is 4.39 Å². The van der Waals surface area contributed by atoms with E-state index in [1.807, 2.05) is 37.2 Å². The van der Waals surface area contributed by atoms with E-state index < -0.39 is 11.9 Å². The molecule has 1 amide bonds. The number of carbonyl (C=O) groups excluding carboxylic acids is 1. The first-order valence-corrected chi connectivity index (χ1v) is 5.78. The molecule has 0 aliphatic heterocycles. The number of halogens is 1. The molecule has 0 aliphatic rings. The highest BCUT2D eigenvalue weighted by Crippen LogP contribution is 2.24. The number of benzene rings is 1. The average molecular weight is 259 g/mol. The van der Waals surface area contributed by atoms with Crippen molar-refractivity contribution in [3.63, 3.8) is 0 Å². The Bertz CT molecular complexity index is 599. The van der Waals surface area contributed by atoms with Crippen LogP contribution in [-0.2, 0) is 0 Å². The fraction of sp³-hybridized carbons (Fsp3) is 0.143. The van der Waals surface area contributed by atoms with Gasteiger partial charge in [-0.15, -0.1) is 0 Å². The number of nitrogens with one attached hydrogen (secondary N) is 1. The van der Waals surface area contributed by atoms with E-state index in [-0.39, 0.29) is 5.56 Å². The minimum Gasteiger partial charge on any atom is -0.376 e. The summed E-state index contributed by atoms with van der Waals surface area (Å²) in [5.41, 5.74) is 1.40. The number of hydrogen-bond donors (Lipinski definition) is 1. The molecular formula is C14H14FN3O. The van der Waals surface area contributed by atoms with E-state index in [0.29, 0.717) is 5.69 Å². The first-order valence-electron chi connectivity index (χ1n) is 5.78. The van der Waals surface area contributed by atoms with Gasteiger partial charge in [-0.1, -0.05) is 12.1 Å². The predicted octanol–water partition coefficient (Wildman–Crippen LogP) is 2.54. The fourth-order valence-electron chi connectivity index (χ4n) is 1.71. The smallest absolute Gasteiger partial charge is 0.260 e. The second-order valence-electron chi connectivity index (χ2n) is 4.21. The lowest BCUT2D eigenvalue weighted by Gasteiger charge is -2.17. The molecule has 4 nitrogen and oxygen atoms in total. The zero-order valence-electron chi connectivity index (χ0n) is 10.7. The zero-order valence-corrected chi connectivity index (χ0v) is 10.7. The molecule has 0 saturated carbocycles. The van der Waals surface area contributed by atoms with Gasteiger partial charge in [0.15, 0.2) is 0 Å². The van der Waals surface area contributed by atoms with E-state index in [4.69, 9.17) is 0 Å². The summed E-state index contributed by atoms with van der Waals surface area (Å²) in [4.78, 5) is 17.3. The number of para-hydroxylation sites is 2. The third-order valence-electron chi connectivity index (χ3n) is 2.64. The summed E-state index contributed by atoms with van der Waals surface area (Å²) in [6.45, 7) is 0. The standard InChI is InChI=1S/C14H14FN3O/c1-18(2)12-8-4-3-7-11(12)17-14(19)10-6-5-9-16-13(10)15/h3-9H,1-2H3,(H,17,19). The van der Waals surface area contributed by atoms with Crippen LogP contribution in [-0.4, -0.2) is 25.0 Å². The van der Waals surface area contributed by atoms with Crippen molar-refractivity contribution in [3.05, 3.63) is 54.1 Å². The van der Waals surface area contributed by atoms with Crippen LogP contribution in [0.15, 0.2) is 42.6 Å². The van der Waals surface area contributed by atoms with Gasteiger partial charge in [0.2, 0.25) is 5.95 Å². The third-order valence-corrected chi connectivity index (χ3v) is 2.64. The lowest BCUT2D eigenvalue weighted by molar-refractivity contribution is 0.102. The zero-order chi connectivity index (χ0) is 13.8. The van der Waals surface area contributed by atoms with Gasteiger partial charge in [0, 0.05) is 20.3 Å². The number of aromatic nitrogens is 1. The number of hydrogen-bond acceptors (Lipinski definition) is 3. The summed E-state index contributed by atoms with van der Waals surface area (Å²) in [5.74, 6) is -1.29. The molecule has 1 aromatic carbocycles. The van der Waals surface area contributed by atoms with Crippen molar-refractivity contribution in [1.29, 1.82) is 0 Å². The van der Waals surface area contributed by atoms with Crippen molar-refractivity contribution in [2.75, 3.05) is 24.3 Å². The molecule has 2 rings (SSSR count). The molecule has 0 fully saturated rings. The van der Waals surface area contributed by atoms with Crippen LogP contribution in [0.4, 0.5) is 15.8 Å². The van der Waals surface area contributed by atoms with Crippen molar-refractivity contribution in [1.82, 2.24) is 4.98 Å². The van der Waals surface area contributed by atoms with E-state index in [1.165, 1.54) is 18.3 Å². The summed E-state index contributed by atoms with van der Waals surface area (Å²) in [6.07, 6.45) is 1.31. The van der Waals surface area contributed by atoms with Crippen LogP contribution in [0.2, 0.25) is 0 Å². The summed E-state index contributed by atoms with van der Waals surface area (Å²) >= 11 is 0. The van der Waals surface area contributed by atoms with Crippen molar-refractivity contribution in [2.45, 2.75) is 0 Å². The van der Waals surface area contributed by atoms with Crippen molar-refractivity contribution in [2.24, 2.45) is 0 Å². The molecule has 0 unspecified atom stereocenters. The molecule has 1 heterocycles. The molecule has 19 heavy (non-hydrogen) atoms. The Morgan fingerprint density at radius 2 is 1.95 bits per heavy atom. The predicted molar refractivity (Wildman–Crippen MR) is 72.9 cm³/mol. The molecule has 2 aromatic rings. The quantitative estimate of drug-likeness (QED) is 0.861. The van der Waals surface area contributed by atoms with Crippen molar-refractivity contribution >= 4 is 17.3 Å². The van der Waals surface area contributed by atoms with E-state index >= 15 is 0 Å². The van der Waals surface area contributed by atoms with Gasteiger partial charge in [0.05, 0.1) is 16.9 Å². The van der Waals surface area contributed by atoms with Gasteiger partial charge in [-0.05, 0) is 24.3 Å². The maximum absolute atomic E-state index is 13.4. The molecule has 0 atom stereocenters. The highest BCUT2D eigenvalue weighted by Gasteiger charge is 2.14. The molecule has 0 spiro atoms. The number of nitrogens with zero attached hydrogens (tertiary/aromatic N) is 2.